The van der Waals surface area contributed by atoms with Gasteiger partial charge in [-0.05, 0) is 69.6 Å². The minimum atomic E-state index is -1.06. The van der Waals surface area contributed by atoms with Crippen molar-refractivity contribution in [2.75, 3.05) is 13.1 Å². The fourth-order valence-electron chi connectivity index (χ4n) is 6.32. The molecule has 2 aliphatic carbocycles. The Morgan fingerprint density at radius 2 is 1.70 bits per heavy atom. The van der Waals surface area contributed by atoms with Gasteiger partial charge in [-0.2, -0.15) is 0 Å². The third kappa shape index (κ3) is 7.12. The molecule has 10 heteroatoms. The molecule has 2 saturated carbocycles. The number of hydrogen-bond donors (Lipinski definition) is 3. The average molecular weight is 559 g/mol. The second-order valence-corrected chi connectivity index (χ2v) is 12.8. The van der Waals surface area contributed by atoms with Crippen molar-refractivity contribution in [1.29, 1.82) is 0 Å². The van der Waals surface area contributed by atoms with Gasteiger partial charge in [0.05, 0.1) is 6.04 Å². The Kier molecular flexibility index (Phi) is 9.85. The van der Waals surface area contributed by atoms with Crippen LogP contribution in [0.2, 0.25) is 0 Å². The number of nitrogens with one attached hydrogen (secondary N) is 3. The molecule has 1 heterocycles. The fourth-order valence-corrected chi connectivity index (χ4v) is 6.32. The van der Waals surface area contributed by atoms with Crippen LogP contribution < -0.4 is 16.0 Å². The van der Waals surface area contributed by atoms with Crippen LogP contribution in [0.5, 0.6) is 0 Å². The number of carbonyl (C=O) groups is 5. The molecule has 0 bridgehead atoms. The lowest BCUT2D eigenvalue weighted by Gasteiger charge is -2.35. The number of fused-ring (bicyclic) bond motifs is 1. The molecule has 3 N–H and O–H groups in total. The zero-order chi connectivity index (χ0) is 29.8. The lowest BCUT2D eigenvalue weighted by atomic mass is 9.94. The first-order valence-corrected chi connectivity index (χ1v) is 14.4. The van der Waals surface area contributed by atoms with E-state index in [0.29, 0.717) is 13.0 Å². The minimum Gasteiger partial charge on any atom is -0.444 e. The molecule has 1 unspecified atom stereocenters. The van der Waals surface area contributed by atoms with Crippen molar-refractivity contribution in [1.82, 2.24) is 20.9 Å². The van der Waals surface area contributed by atoms with Crippen molar-refractivity contribution in [2.24, 2.45) is 23.2 Å². The van der Waals surface area contributed by atoms with Gasteiger partial charge < -0.3 is 25.6 Å². The molecule has 0 aromatic rings. The third-order valence-corrected chi connectivity index (χ3v) is 8.49. The van der Waals surface area contributed by atoms with E-state index in [1.165, 1.54) is 6.08 Å². The molecule has 40 heavy (non-hydrogen) atoms. The van der Waals surface area contributed by atoms with Gasteiger partial charge in [0.1, 0.15) is 17.7 Å². The molecule has 0 aromatic heterocycles. The first-order valence-electron chi connectivity index (χ1n) is 14.4. The average Bonchev–Trinajstić information content (AvgIpc) is 3.33. The van der Waals surface area contributed by atoms with Crippen molar-refractivity contribution in [2.45, 2.75) is 96.9 Å². The first-order chi connectivity index (χ1) is 18.7. The highest BCUT2D eigenvalue weighted by atomic mass is 16.6. The number of ketones is 1. The van der Waals surface area contributed by atoms with Gasteiger partial charge in [0.2, 0.25) is 17.6 Å². The molecule has 4 amide bonds. The van der Waals surface area contributed by atoms with Gasteiger partial charge in [-0.1, -0.05) is 38.8 Å². The van der Waals surface area contributed by atoms with Gasteiger partial charge >= 0.3 is 6.09 Å². The largest absolute Gasteiger partial charge is 0.444 e. The molecule has 3 fully saturated rings. The van der Waals surface area contributed by atoms with Crippen LogP contribution in [0.1, 0.15) is 73.1 Å². The Morgan fingerprint density at radius 3 is 2.27 bits per heavy atom. The molecule has 3 aliphatic rings. The van der Waals surface area contributed by atoms with E-state index >= 15 is 0 Å². The summed E-state index contributed by atoms with van der Waals surface area (Å²) in [6.07, 6.45) is 6.57. The Morgan fingerprint density at radius 1 is 1.05 bits per heavy atom. The summed E-state index contributed by atoms with van der Waals surface area (Å²) >= 11 is 0. The molecular formula is C30H46N4O6. The molecule has 1 saturated heterocycles. The summed E-state index contributed by atoms with van der Waals surface area (Å²) in [5, 5.41) is 8.06. The number of likely N-dealkylation sites (tertiary alicyclic amines) is 1. The fraction of sp³-hybridized carbons (Fsp3) is 0.700. The standard InChI is InChI=1S/C30H46N4O6/c1-8-10-15-20(24(35)26(37)31-16-9-2)32-25(36)23-21-19(30(21,6)7)17-34(23)27(38)22(18-13-11-12-14-18)33-28(39)40-29(3,4)5/h8-9,18-23H,1-2,10-17H2,3-7H3,(H,31,37)(H,32,36)(H,33,39)/t19-,20?,21-,22-,23-/m0/s1. The lowest BCUT2D eigenvalue weighted by Crippen LogP contribution is -2.59. The quantitative estimate of drug-likeness (QED) is 0.249. The summed E-state index contributed by atoms with van der Waals surface area (Å²) in [4.78, 5) is 67.5. The molecule has 0 aromatic carbocycles. The Bertz CT molecular complexity index is 1030. The molecule has 3 rings (SSSR count). The van der Waals surface area contributed by atoms with Crippen LogP contribution in [0.4, 0.5) is 4.79 Å². The summed E-state index contributed by atoms with van der Waals surface area (Å²) in [6.45, 7) is 17.2. The van der Waals surface area contributed by atoms with Gasteiger partial charge in [-0.15, -0.1) is 13.2 Å². The number of amides is 4. The van der Waals surface area contributed by atoms with Gasteiger partial charge in [0.25, 0.3) is 5.91 Å². The van der Waals surface area contributed by atoms with E-state index in [2.05, 4.69) is 43.0 Å². The molecule has 1 aliphatic heterocycles. The molecule has 0 radical (unpaired) electrons. The second kappa shape index (κ2) is 12.6. The van der Waals surface area contributed by atoms with E-state index in [0.717, 1.165) is 25.7 Å². The van der Waals surface area contributed by atoms with Crippen molar-refractivity contribution in [3.05, 3.63) is 25.3 Å². The Balaban J connectivity index is 1.83. The monoisotopic (exact) mass is 558 g/mol. The highest BCUT2D eigenvalue weighted by molar-refractivity contribution is 6.38. The van der Waals surface area contributed by atoms with Crippen molar-refractivity contribution >= 4 is 29.6 Å². The zero-order valence-corrected chi connectivity index (χ0v) is 24.6. The maximum absolute atomic E-state index is 14.1. The molecular weight excluding hydrogens is 512 g/mol. The second-order valence-electron chi connectivity index (χ2n) is 12.8. The normalized spacial score (nSPS) is 24.7. The van der Waals surface area contributed by atoms with E-state index in [-0.39, 0.29) is 42.0 Å². The zero-order valence-electron chi connectivity index (χ0n) is 24.6. The number of alkyl carbamates (subject to hydrolysis) is 1. The summed E-state index contributed by atoms with van der Waals surface area (Å²) < 4.78 is 5.46. The van der Waals surface area contributed by atoms with E-state index in [4.69, 9.17) is 4.74 Å². The third-order valence-electron chi connectivity index (χ3n) is 8.49. The van der Waals surface area contributed by atoms with Crippen LogP contribution in [0.15, 0.2) is 25.3 Å². The molecule has 222 valence electrons. The van der Waals surface area contributed by atoms with Crippen LogP contribution in [0.3, 0.4) is 0 Å². The molecule has 5 atom stereocenters. The number of Topliss-reactive ketones (excluding diaryl/α,β-unsaturated/α-hetero) is 1. The highest BCUT2D eigenvalue weighted by Gasteiger charge is 2.69. The van der Waals surface area contributed by atoms with Crippen LogP contribution in [-0.2, 0) is 23.9 Å². The predicted molar refractivity (Wildman–Crippen MR) is 151 cm³/mol. The number of ether oxygens (including phenoxy) is 1. The van der Waals surface area contributed by atoms with Crippen molar-refractivity contribution in [3.8, 4) is 0 Å². The maximum Gasteiger partial charge on any atom is 0.408 e. The number of carbonyl (C=O) groups excluding carboxylic acids is 5. The maximum atomic E-state index is 14.1. The summed E-state index contributed by atoms with van der Waals surface area (Å²) in [5.41, 5.74) is -0.873. The van der Waals surface area contributed by atoms with Crippen molar-refractivity contribution < 1.29 is 28.7 Å². The van der Waals surface area contributed by atoms with Crippen molar-refractivity contribution in [3.63, 3.8) is 0 Å². The van der Waals surface area contributed by atoms with Gasteiger partial charge in [0, 0.05) is 13.1 Å². The summed E-state index contributed by atoms with van der Waals surface area (Å²) in [7, 11) is 0. The number of rotatable bonds is 12. The SMILES string of the molecule is C=CCCC(NC(=O)[C@@H]1[C@@H]2[C@H](CN1C(=O)[C@@H](NC(=O)OC(C)(C)C)C1CCCC1)C2(C)C)C(=O)C(=O)NCC=C. The molecule has 10 nitrogen and oxygen atoms in total. The predicted octanol–water partition coefficient (Wildman–Crippen LogP) is 2.88. The van der Waals surface area contributed by atoms with Gasteiger partial charge in [0.15, 0.2) is 0 Å². The minimum absolute atomic E-state index is 0.0517. The number of allylic oxidation sites excluding steroid dienone is 1. The summed E-state index contributed by atoms with van der Waals surface area (Å²) in [5.74, 6) is -2.35. The highest BCUT2D eigenvalue weighted by Crippen LogP contribution is 2.65. The van der Waals surface area contributed by atoms with Crippen LogP contribution in [-0.4, -0.2) is 71.3 Å². The van der Waals surface area contributed by atoms with Crippen LogP contribution >= 0.6 is 0 Å². The number of piperidine rings is 1. The number of nitrogens with zero attached hydrogens (tertiary/aromatic N) is 1. The topological polar surface area (TPSA) is 134 Å². The summed E-state index contributed by atoms with van der Waals surface area (Å²) in [6, 6.07) is -2.68. The van der Waals surface area contributed by atoms with Crippen LogP contribution in [0, 0.1) is 23.2 Å². The van der Waals surface area contributed by atoms with E-state index in [1.807, 2.05) is 0 Å². The Labute approximate surface area is 237 Å². The Hall–Kier alpha value is -3.17. The van der Waals surface area contributed by atoms with Crippen LogP contribution in [0.25, 0.3) is 0 Å². The number of hydrogen-bond acceptors (Lipinski definition) is 6. The lowest BCUT2D eigenvalue weighted by molar-refractivity contribution is -0.144. The molecule has 0 spiro atoms. The van der Waals surface area contributed by atoms with E-state index in [9.17, 15) is 24.0 Å². The van der Waals surface area contributed by atoms with Gasteiger partial charge in [-0.25, -0.2) is 4.79 Å². The smallest absolute Gasteiger partial charge is 0.408 e. The van der Waals surface area contributed by atoms with Gasteiger partial charge in [-0.3, -0.25) is 19.2 Å². The van der Waals surface area contributed by atoms with E-state index in [1.54, 1.807) is 31.7 Å². The first kappa shape index (κ1) is 31.4. The van der Waals surface area contributed by atoms with E-state index < -0.39 is 47.4 Å².